The third kappa shape index (κ3) is 5.72. The highest BCUT2D eigenvalue weighted by Crippen LogP contribution is 2.42. The van der Waals surface area contributed by atoms with Gasteiger partial charge in [0.25, 0.3) is 0 Å². The van der Waals surface area contributed by atoms with Gasteiger partial charge in [0.05, 0.1) is 5.41 Å². The zero-order chi connectivity index (χ0) is 25.9. The van der Waals surface area contributed by atoms with Crippen LogP contribution in [0.1, 0.15) is 54.0 Å². The molecule has 1 amide bonds. The highest BCUT2D eigenvalue weighted by molar-refractivity contribution is 5.85. The van der Waals surface area contributed by atoms with E-state index in [9.17, 15) is 18.0 Å². The second-order valence-corrected chi connectivity index (χ2v) is 10.3. The Bertz CT molecular complexity index is 1130. The molecule has 2 aliphatic heterocycles. The van der Waals surface area contributed by atoms with Gasteiger partial charge in [0.2, 0.25) is 5.91 Å². The van der Waals surface area contributed by atoms with Crippen molar-refractivity contribution < 1.29 is 18.0 Å². The fraction of sp³-hybridized carbons (Fsp3) is 0.400. The Balaban J connectivity index is 1.17. The molecule has 2 aliphatic rings. The molecule has 1 spiro atoms. The van der Waals surface area contributed by atoms with E-state index in [2.05, 4.69) is 58.4 Å². The molecule has 37 heavy (non-hydrogen) atoms. The summed E-state index contributed by atoms with van der Waals surface area (Å²) in [6, 6.07) is 23.7. The highest BCUT2D eigenvalue weighted by atomic mass is 19.4. The maximum absolute atomic E-state index is 13.4. The van der Waals surface area contributed by atoms with Gasteiger partial charge in [0, 0.05) is 25.2 Å². The van der Waals surface area contributed by atoms with E-state index in [0.717, 1.165) is 51.4 Å². The Labute approximate surface area is 216 Å². The zero-order valence-electron chi connectivity index (χ0n) is 20.8. The fourth-order valence-electron chi connectivity index (χ4n) is 5.83. The summed E-state index contributed by atoms with van der Waals surface area (Å²) in [4.78, 5) is 21.2. The van der Waals surface area contributed by atoms with Crippen LogP contribution in [0.5, 0.6) is 0 Å². The van der Waals surface area contributed by atoms with Gasteiger partial charge in [-0.25, -0.2) is 0 Å². The molecule has 2 saturated heterocycles. The first-order chi connectivity index (χ1) is 17.8. The molecule has 194 valence electrons. The SMILES string of the molecule is O=C1N(Cc2ccc(C(F)(F)F)nc2)CCC12CCN(CCC(c1ccccc1)c1ccccc1)CC2. The normalized spacial score (nSPS) is 18.2. The number of halogens is 3. The number of pyridine rings is 1. The van der Waals surface area contributed by atoms with Gasteiger partial charge in [-0.1, -0.05) is 66.7 Å². The van der Waals surface area contributed by atoms with Crippen LogP contribution in [0.3, 0.4) is 0 Å². The number of likely N-dealkylation sites (tertiary alicyclic amines) is 2. The monoisotopic (exact) mass is 507 g/mol. The standard InChI is InChI=1S/C30H32F3N3O/c31-30(32,33)27-12-11-23(21-34-27)22-36-20-16-29(28(36)37)14-18-35(19-15-29)17-13-26(24-7-3-1-4-8-24)25-9-5-2-6-10-25/h1-12,21,26H,13-20,22H2. The topological polar surface area (TPSA) is 36.4 Å². The minimum absolute atomic E-state index is 0.137. The Kier molecular flexibility index (Phi) is 7.33. The van der Waals surface area contributed by atoms with Crippen molar-refractivity contribution in [2.24, 2.45) is 5.41 Å². The highest BCUT2D eigenvalue weighted by Gasteiger charge is 2.48. The van der Waals surface area contributed by atoms with E-state index in [0.29, 0.717) is 24.6 Å². The molecule has 2 aromatic carbocycles. The quantitative estimate of drug-likeness (QED) is 0.386. The van der Waals surface area contributed by atoms with Gasteiger partial charge >= 0.3 is 6.18 Å². The summed E-state index contributed by atoms with van der Waals surface area (Å²) in [5.41, 5.74) is 2.02. The van der Waals surface area contributed by atoms with E-state index in [1.807, 2.05) is 12.1 Å². The summed E-state index contributed by atoms with van der Waals surface area (Å²) in [6.07, 6.45) is 0.262. The summed E-state index contributed by atoms with van der Waals surface area (Å²) >= 11 is 0. The predicted molar refractivity (Wildman–Crippen MR) is 137 cm³/mol. The Hall–Kier alpha value is -3.19. The molecule has 0 atom stereocenters. The second-order valence-electron chi connectivity index (χ2n) is 10.3. The molecule has 3 aromatic rings. The van der Waals surface area contributed by atoms with Crippen molar-refractivity contribution in [3.05, 3.63) is 101 Å². The minimum atomic E-state index is -4.46. The number of carbonyl (C=O) groups excluding carboxylic acids is 1. The van der Waals surface area contributed by atoms with Crippen molar-refractivity contribution >= 4 is 5.91 Å². The molecule has 7 heteroatoms. The van der Waals surface area contributed by atoms with Crippen LogP contribution in [-0.2, 0) is 17.5 Å². The third-order valence-electron chi connectivity index (χ3n) is 8.04. The van der Waals surface area contributed by atoms with Crippen LogP contribution in [0.25, 0.3) is 0 Å². The third-order valence-corrected chi connectivity index (χ3v) is 8.04. The van der Waals surface area contributed by atoms with Crippen molar-refractivity contribution in [3.8, 4) is 0 Å². The number of amides is 1. The van der Waals surface area contributed by atoms with Gasteiger partial charge in [-0.2, -0.15) is 13.2 Å². The fourth-order valence-corrected chi connectivity index (χ4v) is 5.83. The molecule has 0 saturated carbocycles. The van der Waals surface area contributed by atoms with Crippen LogP contribution in [0.15, 0.2) is 79.0 Å². The molecule has 0 bridgehead atoms. The first kappa shape index (κ1) is 25.5. The number of carbonyl (C=O) groups is 1. The Morgan fingerprint density at radius 3 is 1.97 bits per heavy atom. The molecule has 4 nitrogen and oxygen atoms in total. The van der Waals surface area contributed by atoms with Crippen molar-refractivity contribution in [2.75, 3.05) is 26.2 Å². The van der Waals surface area contributed by atoms with Crippen LogP contribution >= 0.6 is 0 Å². The zero-order valence-corrected chi connectivity index (χ0v) is 20.8. The number of aromatic nitrogens is 1. The molecule has 0 N–H and O–H groups in total. The van der Waals surface area contributed by atoms with Gasteiger partial charge in [0.15, 0.2) is 0 Å². The maximum Gasteiger partial charge on any atom is 0.433 e. The van der Waals surface area contributed by atoms with E-state index in [1.165, 1.54) is 23.4 Å². The number of hydrogen-bond donors (Lipinski definition) is 0. The summed E-state index contributed by atoms with van der Waals surface area (Å²) in [7, 11) is 0. The molecule has 0 radical (unpaired) electrons. The molecule has 5 rings (SSSR count). The average molecular weight is 508 g/mol. The maximum atomic E-state index is 13.4. The van der Waals surface area contributed by atoms with Crippen LogP contribution in [0.4, 0.5) is 13.2 Å². The van der Waals surface area contributed by atoms with E-state index < -0.39 is 11.9 Å². The summed E-state index contributed by atoms with van der Waals surface area (Å²) in [6.45, 7) is 3.70. The number of benzene rings is 2. The summed E-state index contributed by atoms with van der Waals surface area (Å²) in [5, 5.41) is 0. The summed E-state index contributed by atoms with van der Waals surface area (Å²) < 4.78 is 38.4. The van der Waals surface area contributed by atoms with E-state index in [1.54, 1.807) is 4.90 Å². The minimum Gasteiger partial charge on any atom is -0.338 e. The number of piperidine rings is 1. The van der Waals surface area contributed by atoms with Gasteiger partial charge < -0.3 is 9.80 Å². The van der Waals surface area contributed by atoms with E-state index in [4.69, 9.17) is 0 Å². The summed E-state index contributed by atoms with van der Waals surface area (Å²) in [5.74, 6) is 0.470. The van der Waals surface area contributed by atoms with Crippen molar-refractivity contribution in [3.63, 3.8) is 0 Å². The van der Waals surface area contributed by atoms with E-state index >= 15 is 0 Å². The first-order valence-electron chi connectivity index (χ1n) is 13.0. The largest absolute Gasteiger partial charge is 0.433 e. The van der Waals surface area contributed by atoms with Gasteiger partial charge in [-0.3, -0.25) is 9.78 Å². The first-order valence-corrected chi connectivity index (χ1v) is 13.0. The lowest BCUT2D eigenvalue weighted by Crippen LogP contribution is -2.45. The molecule has 1 aromatic heterocycles. The lowest BCUT2D eigenvalue weighted by Gasteiger charge is -2.38. The molecule has 3 heterocycles. The number of rotatable bonds is 7. The van der Waals surface area contributed by atoms with Crippen molar-refractivity contribution in [1.82, 2.24) is 14.8 Å². The van der Waals surface area contributed by atoms with Crippen LogP contribution < -0.4 is 0 Å². The second kappa shape index (κ2) is 10.7. The van der Waals surface area contributed by atoms with Crippen LogP contribution in [0, 0.1) is 5.41 Å². The number of alkyl halides is 3. The Morgan fingerprint density at radius 1 is 0.838 bits per heavy atom. The van der Waals surface area contributed by atoms with Crippen molar-refractivity contribution in [1.29, 1.82) is 0 Å². The van der Waals surface area contributed by atoms with E-state index in [-0.39, 0.29) is 11.3 Å². The molecule has 2 fully saturated rings. The lowest BCUT2D eigenvalue weighted by atomic mass is 9.77. The molecule has 0 aliphatic carbocycles. The predicted octanol–water partition coefficient (Wildman–Crippen LogP) is 6.14. The van der Waals surface area contributed by atoms with Crippen LogP contribution in [0.2, 0.25) is 0 Å². The molecule has 0 unspecified atom stereocenters. The smallest absolute Gasteiger partial charge is 0.338 e. The lowest BCUT2D eigenvalue weighted by molar-refractivity contribution is -0.141. The Morgan fingerprint density at radius 2 is 1.43 bits per heavy atom. The van der Waals surface area contributed by atoms with Crippen LogP contribution in [-0.4, -0.2) is 46.9 Å². The van der Waals surface area contributed by atoms with Crippen molar-refractivity contribution in [2.45, 2.75) is 44.3 Å². The van der Waals surface area contributed by atoms with Gasteiger partial charge in [0.1, 0.15) is 5.69 Å². The average Bonchev–Trinajstić information content (AvgIpc) is 3.21. The van der Waals surface area contributed by atoms with Gasteiger partial charge in [-0.15, -0.1) is 0 Å². The number of nitrogens with zero attached hydrogens (tertiary/aromatic N) is 3. The van der Waals surface area contributed by atoms with Gasteiger partial charge in [-0.05, 0) is 68.1 Å². The molecular weight excluding hydrogens is 475 g/mol. The molecular formula is C30H32F3N3O. The number of hydrogen-bond acceptors (Lipinski definition) is 3.